The Bertz CT molecular complexity index is 533. The molecule has 1 aromatic rings. The van der Waals surface area contributed by atoms with E-state index >= 15 is 0 Å². The number of carbonyl (C=O) groups excluding carboxylic acids is 2. The Morgan fingerprint density at radius 1 is 1.13 bits per heavy atom. The van der Waals surface area contributed by atoms with E-state index in [1.165, 1.54) is 31.2 Å². The molecule has 128 valence electrons. The monoisotopic (exact) mass is 333 g/mol. The van der Waals surface area contributed by atoms with Gasteiger partial charge in [-0.05, 0) is 25.5 Å². The lowest BCUT2D eigenvalue weighted by Gasteiger charge is -2.33. The highest BCUT2D eigenvalue weighted by Gasteiger charge is 2.64. The lowest BCUT2D eigenvalue weighted by molar-refractivity contribution is -0.284. The van der Waals surface area contributed by atoms with Crippen LogP contribution in [0.5, 0.6) is 0 Å². The van der Waals surface area contributed by atoms with Crippen LogP contribution in [0, 0.1) is 0 Å². The highest BCUT2D eigenvalue weighted by Crippen LogP contribution is 2.33. The summed E-state index contributed by atoms with van der Waals surface area (Å²) >= 11 is 0. The van der Waals surface area contributed by atoms with E-state index in [-0.39, 0.29) is 25.2 Å². The van der Waals surface area contributed by atoms with E-state index in [0.29, 0.717) is 0 Å². The van der Waals surface area contributed by atoms with Crippen molar-refractivity contribution in [3.63, 3.8) is 0 Å². The van der Waals surface area contributed by atoms with Crippen LogP contribution in [0.4, 0.5) is 13.2 Å². The van der Waals surface area contributed by atoms with Crippen molar-refractivity contribution in [3.05, 3.63) is 35.9 Å². The van der Waals surface area contributed by atoms with Gasteiger partial charge >= 0.3 is 17.9 Å². The molecule has 1 rings (SSSR count). The molecule has 1 amide bonds. The summed E-state index contributed by atoms with van der Waals surface area (Å²) in [7, 11) is 0. The Balaban J connectivity index is 3.20. The van der Waals surface area contributed by atoms with E-state index in [1.54, 1.807) is 18.3 Å². The number of halogens is 3. The first-order valence-electron chi connectivity index (χ1n) is 7.04. The van der Waals surface area contributed by atoms with E-state index in [1.807, 2.05) is 0 Å². The molecule has 1 aromatic carbocycles. The molecule has 0 unspecified atom stereocenters. The second-order valence-corrected chi connectivity index (χ2v) is 4.57. The van der Waals surface area contributed by atoms with Gasteiger partial charge < -0.3 is 14.8 Å². The van der Waals surface area contributed by atoms with Crippen molar-refractivity contribution in [3.8, 4) is 0 Å². The van der Waals surface area contributed by atoms with Crippen molar-refractivity contribution in [2.75, 3.05) is 13.2 Å². The lowest BCUT2D eigenvalue weighted by Crippen LogP contribution is -2.66. The summed E-state index contributed by atoms with van der Waals surface area (Å²) in [4.78, 5) is 24.0. The number of alkyl halides is 3. The molecule has 8 heteroatoms. The molecule has 1 N–H and O–H groups in total. The molecule has 0 saturated heterocycles. The number of esters is 1. The van der Waals surface area contributed by atoms with Gasteiger partial charge in [0.1, 0.15) is 0 Å². The van der Waals surface area contributed by atoms with Gasteiger partial charge in [-0.3, -0.25) is 4.79 Å². The molecule has 1 atom stereocenters. The second-order valence-electron chi connectivity index (χ2n) is 4.57. The minimum atomic E-state index is -5.18. The van der Waals surface area contributed by atoms with E-state index in [0.717, 1.165) is 0 Å². The maximum Gasteiger partial charge on any atom is 0.448 e. The number of benzene rings is 1. The number of nitrogens with one attached hydrogen (secondary N) is 1. The fourth-order valence-corrected chi connectivity index (χ4v) is 1.72. The van der Waals surface area contributed by atoms with Crippen LogP contribution in [0.3, 0.4) is 0 Å². The van der Waals surface area contributed by atoms with E-state index in [2.05, 4.69) is 4.74 Å². The van der Waals surface area contributed by atoms with Crippen LogP contribution in [-0.2, 0) is 14.3 Å². The normalized spacial score (nSPS) is 14.0. The van der Waals surface area contributed by atoms with Crippen LogP contribution >= 0.6 is 0 Å². The van der Waals surface area contributed by atoms with Crippen molar-refractivity contribution < 1.29 is 32.2 Å². The average molecular weight is 333 g/mol. The second kappa shape index (κ2) is 7.96. The first kappa shape index (κ1) is 19.0. The number of amides is 1. The Kier molecular flexibility index (Phi) is 6.56. The first-order valence-corrected chi connectivity index (χ1v) is 7.04. The maximum absolute atomic E-state index is 13.5. The molecule has 0 spiro atoms. The molecule has 0 aromatic heterocycles. The first-order chi connectivity index (χ1) is 10.8. The fourth-order valence-electron chi connectivity index (χ4n) is 1.72. The van der Waals surface area contributed by atoms with E-state index < -0.39 is 23.8 Å². The Hall–Kier alpha value is -2.09. The summed E-state index contributed by atoms with van der Waals surface area (Å²) in [6.45, 7) is 2.27. The predicted molar refractivity (Wildman–Crippen MR) is 75.6 cm³/mol. The van der Waals surface area contributed by atoms with E-state index in [9.17, 15) is 22.8 Å². The van der Waals surface area contributed by atoms with Gasteiger partial charge in [0, 0.05) is 5.56 Å². The molecule has 0 heterocycles. The number of carbonyl (C=O) groups is 2. The van der Waals surface area contributed by atoms with Gasteiger partial charge in [-0.25, -0.2) is 4.79 Å². The SMILES string of the molecule is CCCO[C@](NC(=O)c1ccccc1)(C(=O)OCC)C(F)(F)F. The number of hydrogen-bond acceptors (Lipinski definition) is 4. The van der Waals surface area contributed by atoms with Crippen LogP contribution in [0.2, 0.25) is 0 Å². The quantitative estimate of drug-likeness (QED) is 0.615. The molecule has 5 nitrogen and oxygen atoms in total. The van der Waals surface area contributed by atoms with Gasteiger partial charge in [-0.1, -0.05) is 25.1 Å². The van der Waals surface area contributed by atoms with Crippen molar-refractivity contribution in [2.45, 2.75) is 32.2 Å². The largest absolute Gasteiger partial charge is 0.462 e. The minimum absolute atomic E-state index is 0.0366. The van der Waals surface area contributed by atoms with Crippen LogP contribution in [0.25, 0.3) is 0 Å². The molecule has 0 saturated carbocycles. The molecule has 23 heavy (non-hydrogen) atoms. The predicted octanol–water partition coefficient (Wildman–Crippen LogP) is 2.66. The highest BCUT2D eigenvalue weighted by atomic mass is 19.4. The summed E-state index contributed by atoms with van der Waals surface area (Å²) in [6.07, 6.45) is -4.96. The van der Waals surface area contributed by atoms with Gasteiger partial charge in [0.2, 0.25) is 0 Å². The average Bonchev–Trinajstić information content (AvgIpc) is 2.51. The van der Waals surface area contributed by atoms with Gasteiger partial charge in [-0.2, -0.15) is 13.2 Å². The highest BCUT2D eigenvalue weighted by molar-refractivity contribution is 5.98. The standard InChI is InChI=1S/C15H18F3NO4/c1-3-10-23-14(15(16,17)18,13(21)22-4-2)19-12(20)11-8-6-5-7-9-11/h5-9H,3-4,10H2,1-2H3,(H,19,20)/t14-/m1/s1. The summed E-state index contributed by atoms with van der Waals surface area (Å²) in [5.41, 5.74) is -3.57. The maximum atomic E-state index is 13.5. The minimum Gasteiger partial charge on any atom is -0.462 e. The van der Waals surface area contributed by atoms with Crippen LogP contribution in [0.15, 0.2) is 30.3 Å². The van der Waals surface area contributed by atoms with Crippen molar-refractivity contribution >= 4 is 11.9 Å². The third-order valence-corrected chi connectivity index (χ3v) is 2.81. The molecule has 0 aliphatic carbocycles. The molecular weight excluding hydrogens is 315 g/mol. The topological polar surface area (TPSA) is 64.6 Å². The van der Waals surface area contributed by atoms with Gasteiger partial charge in [-0.15, -0.1) is 0 Å². The molecule has 0 aliphatic rings. The van der Waals surface area contributed by atoms with Gasteiger partial charge in [0.15, 0.2) is 0 Å². The van der Waals surface area contributed by atoms with Gasteiger partial charge in [0.05, 0.1) is 13.2 Å². The Labute approximate surface area is 131 Å². The van der Waals surface area contributed by atoms with Crippen molar-refractivity contribution in [1.82, 2.24) is 5.32 Å². The summed E-state index contributed by atoms with van der Waals surface area (Å²) < 4.78 is 49.7. The number of rotatable bonds is 7. The molecule has 0 fully saturated rings. The van der Waals surface area contributed by atoms with Crippen LogP contribution in [-0.4, -0.2) is 37.0 Å². The zero-order valence-corrected chi connectivity index (χ0v) is 12.8. The van der Waals surface area contributed by atoms with Crippen molar-refractivity contribution in [2.24, 2.45) is 0 Å². The van der Waals surface area contributed by atoms with Crippen LogP contribution in [0.1, 0.15) is 30.6 Å². The van der Waals surface area contributed by atoms with Gasteiger partial charge in [0.25, 0.3) is 5.91 Å². The molecule has 0 radical (unpaired) electrons. The third-order valence-electron chi connectivity index (χ3n) is 2.81. The molecule has 0 aliphatic heterocycles. The number of ether oxygens (including phenoxy) is 2. The molecular formula is C15H18F3NO4. The Morgan fingerprint density at radius 3 is 2.22 bits per heavy atom. The zero-order valence-electron chi connectivity index (χ0n) is 12.8. The Morgan fingerprint density at radius 2 is 1.74 bits per heavy atom. The number of hydrogen-bond donors (Lipinski definition) is 1. The summed E-state index contributed by atoms with van der Waals surface area (Å²) in [5, 5.41) is 1.65. The van der Waals surface area contributed by atoms with Crippen LogP contribution < -0.4 is 5.32 Å². The van der Waals surface area contributed by atoms with Crippen molar-refractivity contribution in [1.29, 1.82) is 0 Å². The smallest absolute Gasteiger partial charge is 0.448 e. The molecule has 0 bridgehead atoms. The third kappa shape index (κ3) is 4.44. The van der Waals surface area contributed by atoms with E-state index in [4.69, 9.17) is 4.74 Å². The lowest BCUT2D eigenvalue weighted by atomic mass is 10.1. The fraction of sp³-hybridized carbons (Fsp3) is 0.467. The summed E-state index contributed by atoms with van der Waals surface area (Å²) in [5.74, 6) is -2.79. The zero-order chi connectivity index (χ0) is 17.5. The summed E-state index contributed by atoms with van der Waals surface area (Å²) in [6, 6.07) is 7.22.